The molecule has 0 spiro atoms. The second-order valence-corrected chi connectivity index (χ2v) is 7.66. The van der Waals surface area contributed by atoms with E-state index in [4.69, 9.17) is 10.8 Å². The molecule has 0 saturated carbocycles. The SMILES string of the molecule is CC(C)C(C)(C)N.O=C(O)CCCCCCCNC(=O)c1ccccc1O. The lowest BCUT2D eigenvalue weighted by molar-refractivity contribution is -0.137. The van der Waals surface area contributed by atoms with Gasteiger partial charge in [0, 0.05) is 18.5 Å². The van der Waals surface area contributed by atoms with Crippen LogP contribution >= 0.6 is 0 Å². The van der Waals surface area contributed by atoms with Crippen LogP contribution in [-0.2, 0) is 4.79 Å². The number of carboxylic acids is 1. The summed E-state index contributed by atoms with van der Waals surface area (Å²) in [6.45, 7) is 8.89. The van der Waals surface area contributed by atoms with Gasteiger partial charge in [0.15, 0.2) is 0 Å². The van der Waals surface area contributed by atoms with E-state index in [-0.39, 0.29) is 29.2 Å². The van der Waals surface area contributed by atoms with Gasteiger partial charge >= 0.3 is 5.97 Å². The number of rotatable bonds is 10. The van der Waals surface area contributed by atoms with E-state index in [0.717, 1.165) is 25.7 Å². The number of hydrogen-bond donors (Lipinski definition) is 4. The Morgan fingerprint density at radius 2 is 1.59 bits per heavy atom. The molecule has 0 aliphatic heterocycles. The minimum Gasteiger partial charge on any atom is -0.507 e. The first-order chi connectivity index (χ1) is 12.6. The number of carbonyl (C=O) groups is 2. The minimum atomic E-state index is -0.750. The maximum atomic E-state index is 11.7. The molecule has 0 aliphatic rings. The molecule has 0 fully saturated rings. The van der Waals surface area contributed by atoms with Gasteiger partial charge in [0.05, 0.1) is 5.56 Å². The number of benzene rings is 1. The maximum absolute atomic E-state index is 11.7. The first-order valence-corrected chi connectivity index (χ1v) is 9.62. The van der Waals surface area contributed by atoms with E-state index < -0.39 is 5.97 Å². The molecular formula is C21H36N2O4. The molecule has 5 N–H and O–H groups in total. The van der Waals surface area contributed by atoms with Crippen molar-refractivity contribution in [1.29, 1.82) is 0 Å². The van der Waals surface area contributed by atoms with Crippen LogP contribution in [0.15, 0.2) is 24.3 Å². The summed E-state index contributed by atoms with van der Waals surface area (Å²) in [6, 6.07) is 6.44. The zero-order valence-electron chi connectivity index (χ0n) is 17.1. The molecular weight excluding hydrogens is 344 g/mol. The second-order valence-electron chi connectivity index (χ2n) is 7.66. The molecule has 0 aromatic heterocycles. The van der Waals surface area contributed by atoms with Crippen LogP contribution in [0.5, 0.6) is 5.75 Å². The summed E-state index contributed by atoms with van der Waals surface area (Å²) in [5.41, 5.74) is 5.96. The highest BCUT2D eigenvalue weighted by Crippen LogP contribution is 2.15. The molecule has 1 amide bonds. The van der Waals surface area contributed by atoms with Crippen molar-refractivity contribution in [3.63, 3.8) is 0 Å². The van der Waals surface area contributed by atoms with Crippen LogP contribution < -0.4 is 11.1 Å². The van der Waals surface area contributed by atoms with Gasteiger partial charge in [-0.25, -0.2) is 0 Å². The average Bonchev–Trinajstić information content (AvgIpc) is 2.57. The number of nitrogens with two attached hydrogens (primary N) is 1. The monoisotopic (exact) mass is 380 g/mol. The van der Waals surface area contributed by atoms with Crippen molar-refractivity contribution >= 4 is 11.9 Å². The number of amides is 1. The number of aromatic hydroxyl groups is 1. The third-order valence-electron chi connectivity index (χ3n) is 4.49. The lowest BCUT2D eigenvalue weighted by atomic mass is 9.92. The average molecular weight is 381 g/mol. The normalized spacial score (nSPS) is 10.9. The van der Waals surface area contributed by atoms with Crippen LogP contribution in [0.25, 0.3) is 0 Å². The molecule has 0 aliphatic carbocycles. The van der Waals surface area contributed by atoms with Gasteiger partial charge in [-0.15, -0.1) is 0 Å². The number of carboxylic acid groups (broad SMARTS) is 1. The summed E-state index contributed by atoms with van der Waals surface area (Å²) in [6.07, 6.45) is 4.62. The maximum Gasteiger partial charge on any atom is 0.303 e. The van der Waals surface area contributed by atoms with Gasteiger partial charge in [0.2, 0.25) is 0 Å². The molecule has 0 atom stereocenters. The van der Waals surface area contributed by atoms with Gasteiger partial charge in [-0.05, 0) is 44.7 Å². The highest BCUT2D eigenvalue weighted by molar-refractivity contribution is 5.96. The number of para-hydroxylation sites is 1. The number of hydrogen-bond acceptors (Lipinski definition) is 4. The summed E-state index contributed by atoms with van der Waals surface area (Å²) < 4.78 is 0. The Balaban J connectivity index is 0.000000821. The molecule has 1 rings (SSSR count). The molecule has 0 bridgehead atoms. The van der Waals surface area contributed by atoms with Crippen molar-refractivity contribution < 1.29 is 19.8 Å². The largest absolute Gasteiger partial charge is 0.507 e. The predicted molar refractivity (Wildman–Crippen MR) is 109 cm³/mol. The molecule has 1 aromatic carbocycles. The minimum absolute atomic E-state index is 0. The third kappa shape index (κ3) is 12.8. The topological polar surface area (TPSA) is 113 Å². The summed E-state index contributed by atoms with van der Waals surface area (Å²) in [4.78, 5) is 22.0. The standard InChI is InChI=1S/C15H21NO4.C6H15N/c17-13-9-6-5-8-12(13)15(20)16-11-7-3-1-2-4-10-14(18)19;1-5(2)6(3,4)7/h5-6,8-9,17H,1-4,7,10-11H2,(H,16,20)(H,18,19);5H,7H2,1-4H3. The van der Waals surface area contributed by atoms with Crippen LogP contribution in [0.2, 0.25) is 0 Å². The van der Waals surface area contributed by atoms with Crippen molar-refractivity contribution in [3.05, 3.63) is 29.8 Å². The first kappa shape index (κ1) is 24.9. The summed E-state index contributed by atoms with van der Waals surface area (Å²) in [5, 5.41) is 20.8. The first-order valence-electron chi connectivity index (χ1n) is 9.62. The van der Waals surface area contributed by atoms with Gasteiger partial charge in [-0.1, -0.05) is 45.2 Å². The number of aliphatic carboxylic acids is 1. The van der Waals surface area contributed by atoms with Gasteiger partial charge in [-0.3, -0.25) is 9.59 Å². The number of carbonyl (C=O) groups excluding carboxylic acids is 1. The Morgan fingerprint density at radius 3 is 2.11 bits per heavy atom. The Kier molecular flexibility index (Phi) is 12.1. The Labute approximate surface area is 163 Å². The summed E-state index contributed by atoms with van der Waals surface area (Å²) >= 11 is 0. The van der Waals surface area contributed by atoms with E-state index in [9.17, 15) is 14.7 Å². The van der Waals surface area contributed by atoms with Gasteiger partial charge in [0.25, 0.3) is 5.91 Å². The Bertz CT molecular complexity index is 566. The Morgan fingerprint density at radius 1 is 1.07 bits per heavy atom. The highest BCUT2D eigenvalue weighted by Gasteiger charge is 2.14. The highest BCUT2D eigenvalue weighted by atomic mass is 16.4. The number of unbranched alkanes of at least 4 members (excludes halogenated alkanes) is 4. The molecule has 27 heavy (non-hydrogen) atoms. The van der Waals surface area contributed by atoms with E-state index in [0.29, 0.717) is 18.9 Å². The van der Waals surface area contributed by atoms with Crippen molar-refractivity contribution in [1.82, 2.24) is 5.32 Å². The van der Waals surface area contributed by atoms with E-state index in [1.54, 1.807) is 18.2 Å². The molecule has 0 radical (unpaired) electrons. The zero-order chi connectivity index (χ0) is 20.9. The number of nitrogens with one attached hydrogen (secondary N) is 1. The second kappa shape index (κ2) is 13.1. The van der Waals surface area contributed by atoms with Crippen LogP contribution in [0.1, 0.15) is 76.6 Å². The fourth-order valence-electron chi connectivity index (χ4n) is 1.89. The van der Waals surface area contributed by atoms with E-state index >= 15 is 0 Å². The van der Waals surface area contributed by atoms with Gasteiger partial charge in [0.1, 0.15) is 5.75 Å². The van der Waals surface area contributed by atoms with Crippen molar-refractivity contribution in [3.8, 4) is 5.75 Å². The quantitative estimate of drug-likeness (QED) is 0.459. The van der Waals surface area contributed by atoms with Gasteiger partial charge in [-0.2, -0.15) is 0 Å². The van der Waals surface area contributed by atoms with Crippen LogP contribution in [0.4, 0.5) is 0 Å². The molecule has 1 aromatic rings. The van der Waals surface area contributed by atoms with Crippen molar-refractivity contribution in [2.24, 2.45) is 11.7 Å². The number of phenolic OH excluding ortho intramolecular Hbond substituents is 1. The van der Waals surface area contributed by atoms with Crippen LogP contribution in [-0.4, -0.2) is 34.2 Å². The predicted octanol–water partition coefficient (Wildman–Crippen LogP) is 3.93. The molecule has 6 heteroatoms. The lowest BCUT2D eigenvalue weighted by Crippen LogP contribution is -2.37. The van der Waals surface area contributed by atoms with Crippen LogP contribution in [0, 0.1) is 5.92 Å². The van der Waals surface area contributed by atoms with Crippen molar-refractivity contribution in [2.75, 3.05) is 6.54 Å². The lowest BCUT2D eigenvalue weighted by Gasteiger charge is -2.22. The zero-order valence-corrected chi connectivity index (χ0v) is 17.1. The molecule has 6 nitrogen and oxygen atoms in total. The van der Waals surface area contributed by atoms with Crippen LogP contribution in [0.3, 0.4) is 0 Å². The van der Waals surface area contributed by atoms with E-state index in [2.05, 4.69) is 19.2 Å². The van der Waals surface area contributed by atoms with Gasteiger partial charge < -0.3 is 21.3 Å². The summed E-state index contributed by atoms with van der Waals surface area (Å²) in [7, 11) is 0. The fourth-order valence-corrected chi connectivity index (χ4v) is 1.89. The molecule has 0 saturated heterocycles. The Hall–Kier alpha value is -2.08. The van der Waals surface area contributed by atoms with E-state index in [1.807, 2.05) is 13.8 Å². The fraction of sp³-hybridized carbons (Fsp3) is 0.619. The van der Waals surface area contributed by atoms with E-state index in [1.165, 1.54) is 6.07 Å². The summed E-state index contributed by atoms with van der Waals surface area (Å²) in [5.74, 6) is -0.458. The molecule has 154 valence electrons. The number of phenols is 1. The van der Waals surface area contributed by atoms with Crippen molar-refractivity contribution in [2.45, 2.75) is 71.8 Å². The molecule has 0 heterocycles. The molecule has 0 unspecified atom stereocenters. The third-order valence-corrected chi connectivity index (χ3v) is 4.49. The smallest absolute Gasteiger partial charge is 0.303 e.